The second kappa shape index (κ2) is 9.77. The summed E-state index contributed by atoms with van der Waals surface area (Å²) in [6.45, 7) is 3.73. The predicted molar refractivity (Wildman–Crippen MR) is 114 cm³/mol. The fourth-order valence-electron chi connectivity index (χ4n) is 3.22. The summed E-state index contributed by atoms with van der Waals surface area (Å²) in [5.41, 5.74) is 0.0982. The zero-order chi connectivity index (χ0) is 22.5. The Morgan fingerprint density at radius 2 is 1.61 bits per heavy atom. The molecule has 0 fully saturated rings. The van der Waals surface area contributed by atoms with Crippen molar-refractivity contribution in [1.82, 2.24) is 0 Å². The molecule has 0 heterocycles. The Morgan fingerprint density at radius 1 is 0.903 bits per heavy atom. The maximum Gasteiger partial charge on any atom is 0.201 e. The Bertz CT molecular complexity index is 1150. The molecule has 3 aromatic carbocycles. The van der Waals surface area contributed by atoms with Gasteiger partial charge in [0.05, 0.1) is 5.39 Å². The van der Waals surface area contributed by atoms with E-state index in [4.69, 9.17) is 4.74 Å². The molecule has 3 rings (SSSR count). The van der Waals surface area contributed by atoms with Crippen molar-refractivity contribution in [3.63, 3.8) is 0 Å². The van der Waals surface area contributed by atoms with Crippen LogP contribution in [0.25, 0.3) is 22.4 Å². The van der Waals surface area contributed by atoms with Crippen LogP contribution in [0.4, 0.5) is 22.0 Å². The van der Waals surface area contributed by atoms with Gasteiger partial charge in [-0.15, -0.1) is 0 Å². The first kappa shape index (κ1) is 22.5. The molecule has 0 aliphatic rings. The van der Waals surface area contributed by atoms with Gasteiger partial charge in [-0.25, -0.2) is 17.6 Å². The van der Waals surface area contributed by atoms with E-state index in [1.807, 2.05) is 6.92 Å². The summed E-state index contributed by atoms with van der Waals surface area (Å²) in [6, 6.07) is 9.41. The first-order chi connectivity index (χ1) is 14.9. The van der Waals surface area contributed by atoms with E-state index >= 15 is 0 Å². The fraction of sp³-hybridized carbons (Fsp3) is 0.200. The molecule has 0 unspecified atom stereocenters. The van der Waals surface area contributed by atoms with Crippen LogP contribution in [-0.2, 0) is 6.42 Å². The van der Waals surface area contributed by atoms with Crippen molar-refractivity contribution in [1.29, 1.82) is 0 Å². The van der Waals surface area contributed by atoms with Gasteiger partial charge in [0.25, 0.3) is 0 Å². The molecule has 0 atom stereocenters. The molecule has 31 heavy (non-hydrogen) atoms. The van der Waals surface area contributed by atoms with Crippen LogP contribution in [0.5, 0.6) is 5.75 Å². The van der Waals surface area contributed by atoms with Crippen LogP contribution < -0.4 is 4.74 Å². The summed E-state index contributed by atoms with van der Waals surface area (Å²) in [4.78, 5) is 0. The lowest BCUT2D eigenvalue weighted by Gasteiger charge is -2.11. The van der Waals surface area contributed by atoms with Gasteiger partial charge in [0.15, 0.2) is 23.2 Å². The summed E-state index contributed by atoms with van der Waals surface area (Å²) < 4.78 is 78.4. The van der Waals surface area contributed by atoms with E-state index in [9.17, 15) is 22.0 Å². The molecule has 0 spiro atoms. The highest BCUT2D eigenvalue weighted by atomic mass is 19.2. The average Bonchev–Trinajstić information content (AvgIpc) is 2.77. The Labute approximate surface area is 177 Å². The van der Waals surface area contributed by atoms with E-state index in [0.29, 0.717) is 0 Å². The molecule has 162 valence electrons. The van der Waals surface area contributed by atoms with Crippen molar-refractivity contribution in [2.75, 3.05) is 6.61 Å². The SMILES string of the molecule is CC=CCOc1cc2ccc(C(F)=C(F)c3ccc(CCC)cc3)c(F)c2c(F)c1F. The molecule has 0 amide bonds. The van der Waals surface area contributed by atoms with E-state index in [0.717, 1.165) is 30.5 Å². The molecule has 1 nitrogen and oxygen atoms in total. The third kappa shape index (κ3) is 4.63. The van der Waals surface area contributed by atoms with Crippen LogP contribution in [-0.4, -0.2) is 6.61 Å². The number of ether oxygens (including phenoxy) is 1. The Hall–Kier alpha value is -3.15. The van der Waals surface area contributed by atoms with Gasteiger partial charge in [-0.1, -0.05) is 55.8 Å². The van der Waals surface area contributed by atoms with Crippen LogP contribution in [0.15, 0.2) is 54.6 Å². The molecule has 0 saturated heterocycles. The first-order valence-electron chi connectivity index (χ1n) is 9.88. The lowest BCUT2D eigenvalue weighted by Crippen LogP contribution is -2.01. The van der Waals surface area contributed by atoms with Crippen LogP contribution >= 0.6 is 0 Å². The largest absolute Gasteiger partial charge is 0.486 e. The molecular formula is C25H21F5O. The van der Waals surface area contributed by atoms with E-state index in [2.05, 4.69) is 0 Å². The monoisotopic (exact) mass is 432 g/mol. The Morgan fingerprint density at radius 3 is 2.26 bits per heavy atom. The minimum Gasteiger partial charge on any atom is -0.486 e. The molecule has 0 aliphatic carbocycles. The number of aryl methyl sites for hydroxylation is 1. The van der Waals surface area contributed by atoms with Gasteiger partial charge in [-0.05, 0) is 36.4 Å². The molecule has 0 saturated carbocycles. The number of allylic oxidation sites excluding steroid dienone is 1. The first-order valence-corrected chi connectivity index (χ1v) is 9.88. The van der Waals surface area contributed by atoms with Crippen LogP contribution in [0.3, 0.4) is 0 Å². The summed E-state index contributed by atoms with van der Waals surface area (Å²) >= 11 is 0. The summed E-state index contributed by atoms with van der Waals surface area (Å²) in [5.74, 6) is -7.48. The zero-order valence-corrected chi connectivity index (χ0v) is 17.1. The third-order valence-electron chi connectivity index (χ3n) is 4.84. The number of hydrogen-bond acceptors (Lipinski definition) is 1. The summed E-state index contributed by atoms with van der Waals surface area (Å²) in [7, 11) is 0. The second-order valence-electron chi connectivity index (χ2n) is 6.98. The van der Waals surface area contributed by atoms with Gasteiger partial charge in [-0.2, -0.15) is 4.39 Å². The van der Waals surface area contributed by atoms with Crippen LogP contribution in [0.1, 0.15) is 37.0 Å². The van der Waals surface area contributed by atoms with E-state index < -0.39 is 45.8 Å². The number of rotatable bonds is 7. The smallest absolute Gasteiger partial charge is 0.201 e. The maximum atomic E-state index is 14.9. The highest BCUT2D eigenvalue weighted by Gasteiger charge is 2.23. The average molecular weight is 432 g/mol. The molecule has 0 N–H and O–H groups in total. The van der Waals surface area contributed by atoms with Crippen molar-refractivity contribution in [2.24, 2.45) is 0 Å². The van der Waals surface area contributed by atoms with Gasteiger partial charge >= 0.3 is 0 Å². The Balaban J connectivity index is 2.06. The van der Waals surface area contributed by atoms with Crippen molar-refractivity contribution >= 4 is 22.4 Å². The minimum atomic E-state index is -1.52. The number of hydrogen-bond donors (Lipinski definition) is 0. The second-order valence-corrected chi connectivity index (χ2v) is 6.98. The molecule has 0 aliphatic heterocycles. The van der Waals surface area contributed by atoms with Gasteiger partial charge in [0, 0.05) is 11.1 Å². The standard InChI is InChI=1S/C25H21F5O/c1-3-5-13-31-19-14-17-11-12-18(22(27)20(17)25(30)24(19)29)23(28)21(26)16-9-7-15(6-4-2)8-10-16/h3,5,7-12,14H,4,6,13H2,1-2H3. The minimum absolute atomic E-state index is 0.00143. The van der Waals surface area contributed by atoms with Crippen molar-refractivity contribution in [2.45, 2.75) is 26.7 Å². The van der Waals surface area contributed by atoms with E-state index in [1.54, 1.807) is 31.2 Å². The highest BCUT2D eigenvalue weighted by molar-refractivity contribution is 5.91. The molecule has 0 bridgehead atoms. The number of halogens is 5. The van der Waals surface area contributed by atoms with Gasteiger partial charge in [0.2, 0.25) is 5.82 Å². The highest BCUT2D eigenvalue weighted by Crippen LogP contribution is 2.36. The Kier molecular flexibility index (Phi) is 7.10. The van der Waals surface area contributed by atoms with Gasteiger partial charge < -0.3 is 4.74 Å². The lowest BCUT2D eigenvalue weighted by atomic mass is 10.0. The van der Waals surface area contributed by atoms with Gasteiger partial charge in [-0.3, -0.25) is 0 Å². The van der Waals surface area contributed by atoms with Gasteiger partial charge in [0.1, 0.15) is 12.4 Å². The summed E-state index contributed by atoms with van der Waals surface area (Å²) in [6.07, 6.45) is 4.95. The van der Waals surface area contributed by atoms with Crippen LogP contribution in [0, 0.1) is 17.5 Å². The van der Waals surface area contributed by atoms with E-state index in [1.165, 1.54) is 18.2 Å². The lowest BCUT2D eigenvalue weighted by molar-refractivity contribution is 0.333. The quantitative estimate of drug-likeness (QED) is 0.209. The van der Waals surface area contributed by atoms with Crippen LogP contribution in [0.2, 0.25) is 0 Å². The van der Waals surface area contributed by atoms with Crippen molar-refractivity contribution < 1.29 is 26.7 Å². The topological polar surface area (TPSA) is 9.23 Å². The third-order valence-corrected chi connectivity index (χ3v) is 4.84. The normalized spacial score (nSPS) is 12.5. The molecular weight excluding hydrogens is 411 g/mol. The zero-order valence-electron chi connectivity index (χ0n) is 17.1. The number of benzene rings is 3. The molecule has 6 heteroatoms. The molecule has 0 radical (unpaired) electrons. The van der Waals surface area contributed by atoms with Crippen molar-refractivity contribution in [3.8, 4) is 5.75 Å². The predicted octanol–water partition coefficient (Wildman–Crippen LogP) is 7.93. The maximum absolute atomic E-state index is 14.9. The summed E-state index contributed by atoms with van der Waals surface area (Å²) in [5, 5.41) is -0.803. The number of fused-ring (bicyclic) bond motifs is 1. The van der Waals surface area contributed by atoms with Crippen molar-refractivity contribution in [3.05, 3.63) is 88.8 Å². The van der Waals surface area contributed by atoms with E-state index in [-0.39, 0.29) is 17.6 Å². The molecule has 3 aromatic rings. The fourth-order valence-corrected chi connectivity index (χ4v) is 3.22. The molecule has 0 aromatic heterocycles.